The van der Waals surface area contributed by atoms with Crippen molar-refractivity contribution in [2.24, 2.45) is 5.73 Å². The molecule has 0 aromatic carbocycles. The molecule has 0 unspecified atom stereocenters. The summed E-state index contributed by atoms with van der Waals surface area (Å²) in [4.78, 5) is 0. The number of rotatable bonds is 5. The Hall–Kier alpha value is -0.160. The molecule has 0 atom stereocenters. The van der Waals surface area contributed by atoms with Crippen molar-refractivity contribution in [3.05, 3.63) is 0 Å². The van der Waals surface area contributed by atoms with Crippen LogP contribution in [0.2, 0.25) is 0 Å². The maximum atomic E-state index is 13.6. The zero-order valence-corrected chi connectivity index (χ0v) is 9.32. The molecule has 3 nitrogen and oxygen atoms in total. The molecule has 2 N–H and O–H groups in total. The molecule has 0 radical (unpaired) electrons. The monoisotopic (exact) mass is 223 g/mol. The first-order valence-corrected chi connectivity index (χ1v) is 6.84. The van der Waals surface area contributed by atoms with Crippen LogP contribution in [0.3, 0.4) is 0 Å². The van der Waals surface area contributed by atoms with Crippen LogP contribution in [0.5, 0.6) is 0 Å². The van der Waals surface area contributed by atoms with Crippen LogP contribution in [0.1, 0.15) is 32.6 Å². The van der Waals surface area contributed by atoms with Gasteiger partial charge in [0, 0.05) is 11.8 Å². The summed E-state index contributed by atoms with van der Waals surface area (Å²) in [5.74, 6) is 0.124. The van der Waals surface area contributed by atoms with E-state index in [9.17, 15) is 12.8 Å². The summed E-state index contributed by atoms with van der Waals surface area (Å²) in [5, 5.41) is 0. The number of alkyl halides is 1. The lowest BCUT2D eigenvalue weighted by Crippen LogP contribution is -2.49. The molecule has 84 valence electrons. The second kappa shape index (κ2) is 4.14. The van der Waals surface area contributed by atoms with Crippen LogP contribution in [0.15, 0.2) is 0 Å². The van der Waals surface area contributed by atoms with Crippen molar-refractivity contribution in [3.63, 3.8) is 0 Å². The van der Waals surface area contributed by atoms with Gasteiger partial charge >= 0.3 is 0 Å². The molecule has 0 spiro atoms. The molecule has 14 heavy (non-hydrogen) atoms. The lowest BCUT2D eigenvalue weighted by molar-refractivity contribution is 0.0409. The lowest BCUT2D eigenvalue weighted by Gasteiger charge is -2.39. The fourth-order valence-corrected chi connectivity index (χ4v) is 3.34. The maximum absolute atomic E-state index is 13.6. The summed E-state index contributed by atoms with van der Waals surface area (Å²) in [6.45, 7) is 1.81. The molecule has 0 amide bonds. The number of hydrogen-bond acceptors (Lipinski definition) is 3. The van der Waals surface area contributed by atoms with E-state index in [0.29, 0.717) is 19.3 Å². The van der Waals surface area contributed by atoms with Crippen LogP contribution < -0.4 is 5.73 Å². The van der Waals surface area contributed by atoms with Gasteiger partial charge in [-0.1, -0.05) is 6.92 Å². The van der Waals surface area contributed by atoms with E-state index in [2.05, 4.69) is 0 Å². The predicted octanol–water partition coefficient (Wildman–Crippen LogP) is 1.03. The van der Waals surface area contributed by atoms with E-state index in [1.165, 1.54) is 0 Å². The Bertz CT molecular complexity index is 283. The smallest absolute Gasteiger partial charge is 0.150 e. The van der Waals surface area contributed by atoms with E-state index >= 15 is 0 Å². The Morgan fingerprint density at radius 1 is 1.43 bits per heavy atom. The van der Waals surface area contributed by atoms with Gasteiger partial charge in [-0.3, -0.25) is 0 Å². The third kappa shape index (κ3) is 3.20. The Labute approximate surface area is 84.8 Å². The second-order valence-electron chi connectivity index (χ2n) is 4.22. The molecule has 1 fully saturated rings. The molecule has 1 aliphatic rings. The fraction of sp³-hybridized carbons (Fsp3) is 1.00. The number of nitrogens with two attached hydrogens (primary N) is 1. The molecule has 0 aromatic heterocycles. The van der Waals surface area contributed by atoms with Gasteiger partial charge in [0.1, 0.15) is 15.5 Å². The van der Waals surface area contributed by atoms with Gasteiger partial charge in [0.2, 0.25) is 0 Å². The largest absolute Gasteiger partial charge is 0.327 e. The first-order chi connectivity index (χ1) is 6.37. The van der Waals surface area contributed by atoms with Gasteiger partial charge in [0.15, 0.2) is 0 Å². The van der Waals surface area contributed by atoms with Crippen LogP contribution in [-0.2, 0) is 9.84 Å². The molecule has 5 heteroatoms. The Balaban J connectivity index is 2.34. The van der Waals surface area contributed by atoms with Crippen molar-refractivity contribution >= 4 is 9.84 Å². The van der Waals surface area contributed by atoms with Crippen LogP contribution in [-0.4, -0.2) is 31.6 Å². The summed E-state index contributed by atoms with van der Waals surface area (Å²) in [7, 11) is -3.04. The molecular formula is C9H18FNO2S. The molecule has 1 rings (SSSR count). The number of hydrogen-bond donors (Lipinski definition) is 1. The Kier molecular flexibility index (Phi) is 3.53. The molecule has 0 aliphatic heterocycles. The van der Waals surface area contributed by atoms with E-state index in [-0.39, 0.29) is 24.0 Å². The fourth-order valence-electron chi connectivity index (χ4n) is 1.84. The maximum Gasteiger partial charge on any atom is 0.150 e. The predicted molar refractivity (Wildman–Crippen MR) is 54.6 cm³/mol. The molecule has 1 saturated carbocycles. The average molecular weight is 223 g/mol. The summed E-state index contributed by atoms with van der Waals surface area (Å²) < 4.78 is 36.2. The highest BCUT2D eigenvalue weighted by Gasteiger charge is 2.43. The van der Waals surface area contributed by atoms with Crippen molar-refractivity contribution in [1.29, 1.82) is 0 Å². The molecule has 0 saturated heterocycles. The molecular weight excluding hydrogens is 205 g/mol. The van der Waals surface area contributed by atoms with Gasteiger partial charge in [-0.2, -0.15) is 0 Å². The van der Waals surface area contributed by atoms with Crippen molar-refractivity contribution in [3.8, 4) is 0 Å². The first kappa shape index (κ1) is 11.9. The SMILES string of the molecule is CCCS(=O)(=O)CCC1(F)CC(N)C1. The standard InChI is InChI=1S/C9H18FNO2S/c1-2-4-14(12,13)5-3-9(10)6-8(11)7-9/h8H,2-7,11H2,1H3. The molecule has 0 aromatic rings. The van der Waals surface area contributed by atoms with Crippen LogP contribution in [0.25, 0.3) is 0 Å². The van der Waals surface area contributed by atoms with Crippen molar-refractivity contribution in [2.75, 3.05) is 11.5 Å². The topological polar surface area (TPSA) is 60.2 Å². The summed E-state index contributed by atoms with van der Waals surface area (Å²) in [5.41, 5.74) is 4.16. The van der Waals surface area contributed by atoms with E-state index in [0.717, 1.165) is 0 Å². The highest BCUT2D eigenvalue weighted by molar-refractivity contribution is 7.91. The number of sulfone groups is 1. The van der Waals surface area contributed by atoms with Crippen LogP contribution >= 0.6 is 0 Å². The highest BCUT2D eigenvalue weighted by atomic mass is 32.2. The first-order valence-electron chi connectivity index (χ1n) is 5.02. The average Bonchev–Trinajstić information content (AvgIpc) is 1.99. The summed E-state index contributed by atoms with van der Waals surface area (Å²) in [6, 6.07) is -0.0751. The van der Waals surface area contributed by atoms with Gasteiger partial charge in [-0.05, 0) is 25.7 Å². The van der Waals surface area contributed by atoms with Crippen molar-refractivity contribution in [2.45, 2.75) is 44.3 Å². The third-order valence-corrected chi connectivity index (χ3v) is 4.49. The van der Waals surface area contributed by atoms with Crippen LogP contribution in [0, 0.1) is 0 Å². The van der Waals surface area contributed by atoms with Crippen molar-refractivity contribution in [1.82, 2.24) is 0 Å². The zero-order valence-electron chi connectivity index (χ0n) is 8.50. The third-order valence-electron chi connectivity index (χ3n) is 2.63. The van der Waals surface area contributed by atoms with Crippen LogP contribution in [0.4, 0.5) is 4.39 Å². The lowest BCUT2D eigenvalue weighted by atomic mass is 9.76. The molecule has 0 heterocycles. The van der Waals surface area contributed by atoms with Gasteiger partial charge in [-0.25, -0.2) is 12.8 Å². The summed E-state index contributed by atoms with van der Waals surface area (Å²) in [6.07, 6.45) is 1.34. The van der Waals surface area contributed by atoms with Gasteiger partial charge in [0.25, 0.3) is 0 Å². The Morgan fingerprint density at radius 2 is 2.00 bits per heavy atom. The van der Waals surface area contributed by atoms with E-state index in [1.807, 2.05) is 6.92 Å². The highest BCUT2D eigenvalue weighted by Crippen LogP contribution is 2.38. The number of halogens is 1. The minimum Gasteiger partial charge on any atom is -0.327 e. The second-order valence-corrected chi connectivity index (χ2v) is 6.52. The van der Waals surface area contributed by atoms with Gasteiger partial charge in [0.05, 0.1) is 5.75 Å². The quantitative estimate of drug-likeness (QED) is 0.757. The van der Waals surface area contributed by atoms with Gasteiger partial charge < -0.3 is 5.73 Å². The normalized spacial score (nSPS) is 32.6. The molecule has 1 aliphatic carbocycles. The van der Waals surface area contributed by atoms with E-state index in [1.54, 1.807) is 0 Å². The Morgan fingerprint density at radius 3 is 2.43 bits per heavy atom. The van der Waals surface area contributed by atoms with E-state index in [4.69, 9.17) is 5.73 Å². The minimum atomic E-state index is -3.04. The minimum absolute atomic E-state index is 0.0376. The summed E-state index contributed by atoms with van der Waals surface area (Å²) >= 11 is 0. The zero-order chi connectivity index (χ0) is 10.8. The molecule has 0 bridgehead atoms. The van der Waals surface area contributed by atoms with E-state index < -0.39 is 15.5 Å². The van der Waals surface area contributed by atoms with Gasteiger partial charge in [-0.15, -0.1) is 0 Å². The van der Waals surface area contributed by atoms with Crippen molar-refractivity contribution < 1.29 is 12.8 Å².